The second kappa shape index (κ2) is 16.1. The van der Waals surface area contributed by atoms with Gasteiger partial charge in [0.2, 0.25) is 5.91 Å². The van der Waals surface area contributed by atoms with Gasteiger partial charge in [0.1, 0.15) is 17.2 Å². The van der Waals surface area contributed by atoms with E-state index in [2.05, 4.69) is 45.9 Å². The summed E-state index contributed by atoms with van der Waals surface area (Å²) in [6.45, 7) is 4.10. The second-order valence-corrected chi connectivity index (χ2v) is 14.0. The van der Waals surface area contributed by atoms with Crippen LogP contribution in [0.25, 0.3) is 21.5 Å². The van der Waals surface area contributed by atoms with Crippen molar-refractivity contribution in [1.82, 2.24) is 4.57 Å². The van der Waals surface area contributed by atoms with Crippen LogP contribution in [0.5, 0.6) is 5.75 Å². The third kappa shape index (κ3) is 7.70. The van der Waals surface area contributed by atoms with Crippen molar-refractivity contribution in [2.75, 3.05) is 43.2 Å². The first kappa shape index (κ1) is 35.5. The molecule has 50 heavy (non-hydrogen) atoms. The van der Waals surface area contributed by atoms with Gasteiger partial charge in [-0.05, 0) is 90.0 Å². The largest absolute Gasteiger partial charge is 0.489 e. The molecule has 1 saturated carbocycles. The quantitative estimate of drug-likeness (QED) is 0.147. The Morgan fingerprint density at radius 2 is 1.64 bits per heavy atom. The van der Waals surface area contributed by atoms with E-state index in [4.69, 9.17) is 9.47 Å². The Balaban J connectivity index is 0.00000432. The summed E-state index contributed by atoms with van der Waals surface area (Å²) < 4.78 is 14.8. The molecule has 1 amide bonds. The fraction of sp³-hybridized carbons (Fsp3) is 0.350. The summed E-state index contributed by atoms with van der Waals surface area (Å²) in [5, 5.41) is 9.98. The topological polar surface area (TPSA) is 84.2 Å². The van der Waals surface area contributed by atoms with Crippen molar-refractivity contribution < 1.29 is 24.2 Å². The Labute approximate surface area is 303 Å². The minimum Gasteiger partial charge on any atom is -0.489 e. The van der Waals surface area contributed by atoms with Crippen LogP contribution in [-0.4, -0.2) is 54.9 Å². The fourth-order valence-electron chi connectivity index (χ4n) is 7.24. The van der Waals surface area contributed by atoms with Gasteiger partial charge in [-0.25, -0.2) is 4.79 Å². The maximum Gasteiger partial charge on any atom is 0.345 e. The number of fused-ring (bicyclic) bond motifs is 1. The number of benzene rings is 3. The number of carbonyl (C=O) groups excluding carboxylic acids is 1. The molecular formula is C40H44ClN3O5S. The van der Waals surface area contributed by atoms with Gasteiger partial charge in [-0.1, -0.05) is 49.6 Å². The van der Waals surface area contributed by atoms with Crippen molar-refractivity contribution >= 4 is 57.2 Å². The van der Waals surface area contributed by atoms with Gasteiger partial charge >= 0.3 is 5.97 Å². The predicted molar refractivity (Wildman–Crippen MR) is 204 cm³/mol. The molecule has 2 aromatic heterocycles. The number of carboxylic acid groups (broad SMARTS) is 1. The minimum atomic E-state index is -0.917. The molecule has 0 unspecified atom stereocenters. The van der Waals surface area contributed by atoms with E-state index in [-0.39, 0.29) is 24.7 Å². The number of aromatic carboxylic acids is 1. The number of hydrogen-bond acceptors (Lipinski definition) is 6. The average Bonchev–Trinajstić information content (AvgIpc) is 3.72. The van der Waals surface area contributed by atoms with E-state index in [9.17, 15) is 14.7 Å². The molecule has 2 aliphatic rings. The maximum atomic E-state index is 13.7. The molecule has 0 radical (unpaired) electrons. The van der Waals surface area contributed by atoms with Gasteiger partial charge < -0.3 is 28.9 Å². The highest BCUT2D eigenvalue weighted by molar-refractivity contribution is 7.21. The number of ether oxygens (including phenoxy) is 2. The standard InChI is InChI=1S/C40H43N3O5S.ClH/c1-41(31-14-16-32(17-15-31)42-22-24-47-25-23-42)36(44)20-21-43-34-26-35(40(45)46)49-39(34)37(29-10-6-3-7-11-29)38(43)30-12-18-33(19-13-30)48-27-28-8-4-2-5-9-28;/h2,4-5,8-9,12-19,26,29H,3,6-7,10-11,20-25,27H2,1H3,(H,45,46);1H. The number of carbonyl (C=O) groups is 2. The average molecular weight is 714 g/mol. The van der Waals surface area contributed by atoms with Crippen molar-refractivity contribution in [3.63, 3.8) is 0 Å². The van der Waals surface area contributed by atoms with E-state index < -0.39 is 5.97 Å². The van der Waals surface area contributed by atoms with E-state index in [1.54, 1.807) is 11.0 Å². The van der Waals surface area contributed by atoms with Gasteiger partial charge in [-0.15, -0.1) is 23.7 Å². The van der Waals surface area contributed by atoms with Crippen molar-refractivity contribution in [2.45, 2.75) is 57.6 Å². The first-order chi connectivity index (χ1) is 24.0. The Hall–Kier alpha value is -4.31. The lowest BCUT2D eigenvalue weighted by Crippen LogP contribution is -2.36. The van der Waals surface area contributed by atoms with Crippen LogP contribution in [0.4, 0.5) is 11.4 Å². The Kier molecular flexibility index (Phi) is 11.5. The van der Waals surface area contributed by atoms with Gasteiger partial charge in [-0.3, -0.25) is 4.79 Å². The number of rotatable bonds is 11. The van der Waals surface area contributed by atoms with Crippen LogP contribution >= 0.6 is 23.7 Å². The number of anilines is 2. The molecule has 1 saturated heterocycles. The zero-order valence-electron chi connectivity index (χ0n) is 28.4. The Morgan fingerprint density at radius 1 is 0.940 bits per heavy atom. The molecule has 1 aliphatic carbocycles. The van der Waals surface area contributed by atoms with E-state index in [1.807, 2.05) is 49.5 Å². The number of aryl methyl sites for hydroxylation is 1. The number of thiophene rings is 1. The smallest absolute Gasteiger partial charge is 0.345 e. The van der Waals surface area contributed by atoms with Crippen LogP contribution in [-0.2, 0) is 22.7 Å². The van der Waals surface area contributed by atoms with Crippen LogP contribution < -0.4 is 14.5 Å². The maximum absolute atomic E-state index is 13.7. The first-order valence-corrected chi connectivity index (χ1v) is 18.1. The number of halogens is 1. The van der Waals surface area contributed by atoms with E-state index >= 15 is 0 Å². The van der Waals surface area contributed by atoms with Crippen LogP contribution in [0.15, 0.2) is 84.9 Å². The molecular weight excluding hydrogens is 670 g/mol. The predicted octanol–water partition coefficient (Wildman–Crippen LogP) is 9.01. The molecule has 2 fully saturated rings. The van der Waals surface area contributed by atoms with Gasteiger partial charge in [0.15, 0.2) is 0 Å². The van der Waals surface area contributed by atoms with Crippen molar-refractivity contribution in [2.24, 2.45) is 0 Å². The normalized spacial score (nSPS) is 15.1. The second-order valence-electron chi connectivity index (χ2n) is 13.0. The summed E-state index contributed by atoms with van der Waals surface area (Å²) in [6.07, 6.45) is 5.97. The Bertz CT molecular complexity index is 1890. The lowest BCUT2D eigenvalue weighted by molar-refractivity contribution is -0.118. The molecule has 0 bridgehead atoms. The van der Waals surface area contributed by atoms with Crippen molar-refractivity contribution in [3.8, 4) is 17.0 Å². The number of amides is 1. The molecule has 0 spiro atoms. The molecule has 10 heteroatoms. The fourth-order valence-corrected chi connectivity index (χ4v) is 8.37. The number of nitrogens with zero attached hydrogens (tertiary/aromatic N) is 3. The summed E-state index contributed by atoms with van der Waals surface area (Å²) in [4.78, 5) is 30.2. The monoisotopic (exact) mass is 713 g/mol. The molecule has 262 valence electrons. The lowest BCUT2D eigenvalue weighted by atomic mass is 9.83. The van der Waals surface area contributed by atoms with Gasteiger partial charge in [-0.2, -0.15) is 0 Å². The summed E-state index contributed by atoms with van der Waals surface area (Å²) in [7, 11) is 1.83. The minimum absolute atomic E-state index is 0. The highest BCUT2D eigenvalue weighted by atomic mass is 35.5. The zero-order chi connectivity index (χ0) is 33.7. The van der Waals surface area contributed by atoms with Crippen molar-refractivity contribution in [3.05, 3.63) is 101 Å². The van der Waals surface area contributed by atoms with Crippen LogP contribution in [0.3, 0.4) is 0 Å². The summed E-state index contributed by atoms with van der Waals surface area (Å²) in [5.74, 6) is 0.214. The number of hydrogen-bond donors (Lipinski definition) is 1. The van der Waals surface area contributed by atoms with Gasteiger partial charge in [0.05, 0.1) is 29.1 Å². The zero-order valence-corrected chi connectivity index (χ0v) is 30.0. The number of aromatic nitrogens is 1. The third-order valence-electron chi connectivity index (χ3n) is 9.91. The number of carboxylic acids is 1. The van der Waals surface area contributed by atoms with Gasteiger partial charge in [0, 0.05) is 44.5 Å². The molecule has 8 nitrogen and oxygen atoms in total. The van der Waals surface area contributed by atoms with E-state index in [0.29, 0.717) is 23.9 Å². The Morgan fingerprint density at radius 3 is 2.32 bits per heavy atom. The van der Waals surface area contributed by atoms with Crippen LogP contribution in [0.2, 0.25) is 0 Å². The summed E-state index contributed by atoms with van der Waals surface area (Å²) in [6, 6.07) is 28.3. The lowest BCUT2D eigenvalue weighted by Gasteiger charge is -2.29. The van der Waals surface area contributed by atoms with Crippen LogP contribution in [0.1, 0.15) is 65.2 Å². The molecule has 1 aliphatic heterocycles. The van der Waals surface area contributed by atoms with E-state index in [1.165, 1.54) is 23.3 Å². The number of morpholine rings is 1. The first-order valence-electron chi connectivity index (χ1n) is 17.3. The van der Waals surface area contributed by atoms with Crippen molar-refractivity contribution in [1.29, 1.82) is 0 Å². The highest BCUT2D eigenvalue weighted by Crippen LogP contribution is 2.47. The molecule has 3 aromatic carbocycles. The molecule has 7 rings (SSSR count). The summed E-state index contributed by atoms with van der Waals surface area (Å²) in [5.41, 5.74) is 7.34. The van der Waals surface area contributed by atoms with Gasteiger partial charge in [0.25, 0.3) is 0 Å². The molecule has 0 atom stereocenters. The SMILES string of the molecule is CN(C(=O)CCn1c(-c2ccc(OCc3ccccc3)cc2)c(C2CCCCC2)c2sc(C(=O)O)cc21)c1ccc(N2CCOCC2)cc1.Cl. The summed E-state index contributed by atoms with van der Waals surface area (Å²) >= 11 is 1.36. The molecule has 1 N–H and O–H groups in total. The highest BCUT2D eigenvalue weighted by Gasteiger charge is 2.29. The molecule has 3 heterocycles. The van der Waals surface area contributed by atoms with E-state index in [0.717, 1.165) is 96.1 Å². The third-order valence-corrected chi connectivity index (χ3v) is 11.1. The van der Waals surface area contributed by atoms with Crippen LogP contribution in [0, 0.1) is 0 Å². The molecule has 5 aromatic rings.